The molecule has 0 spiro atoms. The van der Waals surface area contributed by atoms with E-state index in [9.17, 15) is 4.79 Å². The van der Waals surface area contributed by atoms with Gasteiger partial charge in [-0.05, 0) is 0 Å². The van der Waals surface area contributed by atoms with E-state index < -0.39 is 5.56 Å². The number of H-pyrrole nitrogens is 1. The van der Waals surface area contributed by atoms with Gasteiger partial charge in [0.05, 0.1) is 0 Å². The van der Waals surface area contributed by atoms with Crippen molar-refractivity contribution < 1.29 is 0 Å². The van der Waals surface area contributed by atoms with Crippen molar-refractivity contribution in [1.29, 1.82) is 0 Å². The van der Waals surface area contributed by atoms with Gasteiger partial charge in [0.2, 0.25) is 0 Å². The van der Waals surface area contributed by atoms with Gasteiger partial charge in [-0.15, -0.1) is 5.10 Å². The molecule has 1 heterocycles. The Balaban J connectivity index is 0.000000810. The van der Waals surface area contributed by atoms with Crippen molar-refractivity contribution in [2.24, 2.45) is 0 Å². The van der Waals surface area contributed by atoms with Crippen LogP contribution in [0.2, 0.25) is 10.2 Å². The van der Waals surface area contributed by atoms with Crippen molar-refractivity contribution in [1.82, 2.24) is 15.4 Å². The van der Waals surface area contributed by atoms with E-state index in [-0.39, 0.29) is 39.7 Å². The predicted molar refractivity (Wildman–Crippen MR) is 38.4 cm³/mol. The molecule has 0 amide bonds. The summed E-state index contributed by atoms with van der Waals surface area (Å²) in [7, 11) is 0. The van der Waals surface area contributed by atoms with Crippen molar-refractivity contribution in [3.8, 4) is 0 Å². The summed E-state index contributed by atoms with van der Waals surface area (Å²) >= 11 is 10.6. The molecule has 1 N–H and O–H groups in total. The molecule has 0 aliphatic heterocycles. The Bertz CT molecular complexity index is 275. The number of nitrogens with one attached hydrogen (secondary N) is 1. The minimum Gasteiger partial charge on any atom is -0.266 e. The molecule has 10 heavy (non-hydrogen) atoms. The van der Waals surface area contributed by atoms with Gasteiger partial charge in [0.25, 0.3) is 5.56 Å². The summed E-state index contributed by atoms with van der Waals surface area (Å²) in [6.45, 7) is 0. The van der Waals surface area contributed by atoms with E-state index in [4.69, 9.17) is 23.2 Å². The van der Waals surface area contributed by atoms with Crippen molar-refractivity contribution >= 4 is 52.8 Å². The molecule has 0 fully saturated rings. The van der Waals surface area contributed by atoms with Gasteiger partial charge in [-0.3, -0.25) is 4.79 Å². The fraction of sp³-hybridized carbons (Fsp3) is 0. The Morgan fingerprint density at radius 1 is 1.40 bits per heavy atom. The smallest absolute Gasteiger partial charge is 0.266 e. The molecule has 0 bridgehead atoms. The van der Waals surface area contributed by atoms with Crippen LogP contribution < -0.4 is 5.56 Å². The number of halogens is 2. The van der Waals surface area contributed by atoms with Gasteiger partial charge in [-0.1, -0.05) is 28.4 Å². The third kappa shape index (κ3) is 2.21. The number of aromatic nitrogens is 3. The van der Waals surface area contributed by atoms with Gasteiger partial charge < -0.3 is 0 Å². The van der Waals surface area contributed by atoms with Crippen LogP contribution in [-0.2, 0) is 0 Å². The summed E-state index contributed by atoms with van der Waals surface area (Å²) < 4.78 is 0. The van der Waals surface area contributed by atoms with Crippen LogP contribution in [0, 0.1) is 0 Å². The molecule has 0 aromatic carbocycles. The molecule has 0 saturated heterocycles. The second-order valence-electron chi connectivity index (χ2n) is 1.25. The van der Waals surface area contributed by atoms with Crippen molar-refractivity contribution in [2.75, 3.05) is 0 Å². The maximum Gasteiger partial charge on any atom is 0.287 e. The quantitative estimate of drug-likeness (QED) is 0.588. The number of nitrogens with zero attached hydrogens (tertiary/aromatic N) is 2. The standard InChI is InChI=1S/C3HCl2N3O.Na/c4-1-2(5)6-8-7-3(1)9;/h(H,6,7,9);. The Morgan fingerprint density at radius 3 is 2.40 bits per heavy atom. The Kier molecular flexibility index (Phi) is 4.47. The van der Waals surface area contributed by atoms with Crippen LogP contribution in [0.25, 0.3) is 0 Å². The summed E-state index contributed by atoms with van der Waals surface area (Å²) in [5.41, 5.74) is -0.531. The molecule has 1 aromatic rings. The SMILES string of the molecule is O=c1[nH]nnc(Cl)c1Cl.[Na]. The first kappa shape index (κ1) is 10.4. The predicted octanol–water partition coefficient (Wildman–Crippen LogP) is 0.0909. The molecule has 0 atom stereocenters. The first-order chi connectivity index (χ1) is 4.22. The maximum absolute atomic E-state index is 10.5. The fourth-order valence-corrected chi connectivity index (χ4v) is 0.505. The van der Waals surface area contributed by atoms with E-state index in [1.54, 1.807) is 0 Å². The van der Waals surface area contributed by atoms with Crippen LogP contribution in [-0.4, -0.2) is 45.0 Å². The average Bonchev–Trinajstić information content (AvgIpc) is 1.83. The zero-order chi connectivity index (χ0) is 6.85. The van der Waals surface area contributed by atoms with Crippen LogP contribution in [0.1, 0.15) is 0 Å². The van der Waals surface area contributed by atoms with Gasteiger partial charge in [0.15, 0.2) is 5.15 Å². The van der Waals surface area contributed by atoms with Gasteiger partial charge in [0, 0.05) is 29.6 Å². The summed E-state index contributed by atoms with van der Waals surface area (Å²) in [5.74, 6) is 0. The van der Waals surface area contributed by atoms with Gasteiger partial charge >= 0.3 is 0 Å². The zero-order valence-electron chi connectivity index (χ0n) is 5.06. The van der Waals surface area contributed by atoms with Gasteiger partial charge in [-0.25, -0.2) is 5.10 Å². The number of rotatable bonds is 0. The third-order valence-corrected chi connectivity index (χ3v) is 1.38. The van der Waals surface area contributed by atoms with E-state index in [1.165, 1.54) is 0 Å². The van der Waals surface area contributed by atoms with Crippen LogP contribution in [0.5, 0.6) is 0 Å². The van der Waals surface area contributed by atoms with Crippen LogP contribution in [0.4, 0.5) is 0 Å². The van der Waals surface area contributed by atoms with E-state index in [0.717, 1.165) is 0 Å². The molecular formula is C3HCl2N3NaO. The molecule has 0 unspecified atom stereocenters. The molecule has 0 aliphatic rings. The molecule has 1 radical (unpaired) electrons. The normalized spacial score (nSPS) is 8.60. The Morgan fingerprint density at radius 2 is 2.00 bits per heavy atom. The van der Waals surface area contributed by atoms with E-state index >= 15 is 0 Å². The monoisotopic (exact) mass is 188 g/mol. The molecule has 0 saturated carbocycles. The van der Waals surface area contributed by atoms with Gasteiger partial charge in [-0.2, -0.15) is 0 Å². The molecule has 1 rings (SSSR count). The molecule has 0 aliphatic carbocycles. The van der Waals surface area contributed by atoms with Crippen molar-refractivity contribution in [3.05, 3.63) is 20.5 Å². The first-order valence-corrected chi connectivity index (χ1v) is 2.74. The van der Waals surface area contributed by atoms with Crippen LogP contribution in [0.3, 0.4) is 0 Å². The topological polar surface area (TPSA) is 58.6 Å². The number of aromatic amines is 1. The second-order valence-corrected chi connectivity index (χ2v) is 1.98. The van der Waals surface area contributed by atoms with Crippen molar-refractivity contribution in [3.63, 3.8) is 0 Å². The minimum absolute atomic E-state index is 0. The number of hydrogen-bond donors (Lipinski definition) is 1. The van der Waals surface area contributed by atoms with E-state index in [0.29, 0.717) is 0 Å². The summed E-state index contributed by atoms with van der Waals surface area (Å²) in [6.07, 6.45) is 0. The van der Waals surface area contributed by atoms with Crippen molar-refractivity contribution in [2.45, 2.75) is 0 Å². The second kappa shape index (κ2) is 4.31. The molecule has 49 valence electrons. The summed E-state index contributed by atoms with van der Waals surface area (Å²) in [5, 5.41) is 8.20. The van der Waals surface area contributed by atoms with Gasteiger partial charge in [0.1, 0.15) is 5.02 Å². The number of hydrogen-bond acceptors (Lipinski definition) is 3. The Labute approximate surface area is 88.2 Å². The summed E-state index contributed by atoms with van der Waals surface area (Å²) in [6, 6.07) is 0. The molecular weight excluding hydrogens is 188 g/mol. The third-order valence-electron chi connectivity index (χ3n) is 0.670. The maximum atomic E-state index is 10.5. The van der Waals surface area contributed by atoms with Crippen LogP contribution >= 0.6 is 23.2 Å². The fourth-order valence-electron chi connectivity index (χ4n) is 0.301. The molecule has 4 nitrogen and oxygen atoms in total. The molecule has 1 aromatic heterocycles. The largest absolute Gasteiger partial charge is 0.287 e. The van der Waals surface area contributed by atoms with Crippen LogP contribution in [0.15, 0.2) is 4.79 Å². The average molecular weight is 189 g/mol. The first-order valence-electron chi connectivity index (χ1n) is 1.98. The molecule has 7 heteroatoms. The summed E-state index contributed by atoms with van der Waals surface area (Å²) in [4.78, 5) is 10.5. The zero-order valence-corrected chi connectivity index (χ0v) is 8.57. The minimum atomic E-state index is -0.531. The van der Waals surface area contributed by atoms with E-state index in [1.807, 2.05) is 5.10 Å². The Hall–Kier alpha value is 0.390. The van der Waals surface area contributed by atoms with E-state index in [2.05, 4.69) is 10.3 Å².